The smallest absolute Gasteiger partial charge is 0.238 e. The quantitative estimate of drug-likeness (QED) is 0.221. The highest BCUT2D eigenvalue weighted by molar-refractivity contribution is 7.89. The van der Waals surface area contributed by atoms with Gasteiger partial charge in [0.05, 0.1) is 22.5 Å². The minimum absolute atomic E-state index is 0.00149. The van der Waals surface area contributed by atoms with Crippen LogP contribution in [0.25, 0.3) is 28.2 Å². The fourth-order valence-corrected chi connectivity index (χ4v) is 4.76. The van der Waals surface area contributed by atoms with Crippen molar-refractivity contribution in [1.82, 2.24) is 14.8 Å². The zero-order valence-corrected chi connectivity index (χ0v) is 21.2. The molecule has 0 aliphatic heterocycles. The third-order valence-corrected chi connectivity index (χ3v) is 7.18. The van der Waals surface area contributed by atoms with Gasteiger partial charge in [-0.2, -0.15) is 10.2 Å². The Hall–Kier alpha value is -4.19. The van der Waals surface area contributed by atoms with E-state index in [1.165, 1.54) is 41.2 Å². The van der Waals surface area contributed by atoms with Gasteiger partial charge in [-0.05, 0) is 55.5 Å². The molecule has 5 rings (SSSR count). The number of rotatable bonds is 7. The molecule has 2 aromatic heterocycles. The van der Waals surface area contributed by atoms with Crippen LogP contribution in [-0.2, 0) is 10.0 Å². The maximum absolute atomic E-state index is 13.5. The predicted molar refractivity (Wildman–Crippen MR) is 144 cm³/mol. The number of hydrazone groups is 1. The van der Waals surface area contributed by atoms with Crippen molar-refractivity contribution in [3.8, 4) is 28.2 Å². The van der Waals surface area contributed by atoms with E-state index in [1.54, 1.807) is 41.4 Å². The summed E-state index contributed by atoms with van der Waals surface area (Å²) in [5.74, 6) is -0.355. The Morgan fingerprint density at radius 2 is 1.68 bits per heavy atom. The summed E-state index contributed by atoms with van der Waals surface area (Å²) in [4.78, 5) is 4.59. The van der Waals surface area contributed by atoms with Crippen molar-refractivity contribution in [3.63, 3.8) is 0 Å². The molecule has 0 bridgehead atoms. The van der Waals surface area contributed by atoms with Crippen LogP contribution in [-0.4, -0.2) is 29.4 Å². The molecule has 3 aromatic carbocycles. The van der Waals surface area contributed by atoms with Gasteiger partial charge in [0.15, 0.2) is 0 Å². The molecule has 0 unspecified atom stereocenters. The third-order valence-electron chi connectivity index (χ3n) is 5.51. The molecule has 2 heterocycles. The third kappa shape index (κ3) is 5.64. The summed E-state index contributed by atoms with van der Waals surface area (Å²) in [7, 11) is -3.81. The molecule has 37 heavy (non-hydrogen) atoms. The lowest BCUT2D eigenvalue weighted by Gasteiger charge is -2.03. The maximum Gasteiger partial charge on any atom is 0.238 e. The average Bonchev–Trinajstić information content (AvgIpc) is 3.52. The van der Waals surface area contributed by atoms with Gasteiger partial charge in [0, 0.05) is 28.3 Å². The van der Waals surface area contributed by atoms with Crippen LogP contribution >= 0.6 is 11.3 Å². The first kappa shape index (κ1) is 24.5. The largest absolute Gasteiger partial charge is 0.253 e. The summed E-state index contributed by atoms with van der Waals surface area (Å²) in [5.41, 5.74) is 8.55. The number of benzene rings is 3. The predicted octanol–water partition coefficient (Wildman–Crippen LogP) is 5.20. The minimum atomic E-state index is -3.81. The van der Waals surface area contributed by atoms with Crippen molar-refractivity contribution in [2.45, 2.75) is 11.8 Å². The molecule has 0 atom stereocenters. The van der Waals surface area contributed by atoms with E-state index in [0.717, 1.165) is 11.3 Å². The van der Waals surface area contributed by atoms with Crippen LogP contribution < -0.4 is 10.6 Å². The number of primary sulfonamides is 1. The second kappa shape index (κ2) is 10.1. The Morgan fingerprint density at radius 3 is 2.35 bits per heavy atom. The first-order valence-corrected chi connectivity index (χ1v) is 13.5. The van der Waals surface area contributed by atoms with Gasteiger partial charge in [0.2, 0.25) is 15.2 Å². The normalized spacial score (nSPS) is 11.8. The highest BCUT2D eigenvalue weighted by atomic mass is 32.2. The van der Waals surface area contributed by atoms with Gasteiger partial charge < -0.3 is 0 Å². The van der Waals surface area contributed by atoms with Crippen LogP contribution in [0.15, 0.2) is 94.4 Å². The van der Waals surface area contributed by atoms with E-state index < -0.39 is 10.0 Å². The van der Waals surface area contributed by atoms with E-state index >= 15 is 0 Å². The van der Waals surface area contributed by atoms with Gasteiger partial charge in [-0.15, -0.1) is 11.3 Å². The van der Waals surface area contributed by atoms with Crippen LogP contribution in [0, 0.1) is 12.7 Å². The van der Waals surface area contributed by atoms with Crippen LogP contribution in [0.1, 0.15) is 11.1 Å². The molecule has 0 aliphatic carbocycles. The van der Waals surface area contributed by atoms with E-state index in [2.05, 4.69) is 20.6 Å². The first-order chi connectivity index (χ1) is 17.8. The number of aromatic nitrogens is 3. The number of hydrogen-bond acceptors (Lipinski definition) is 7. The van der Waals surface area contributed by atoms with Crippen molar-refractivity contribution < 1.29 is 12.8 Å². The van der Waals surface area contributed by atoms with Gasteiger partial charge in [0.25, 0.3) is 0 Å². The summed E-state index contributed by atoms with van der Waals surface area (Å²) in [6.07, 6.45) is 3.35. The zero-order valence-electron chi connectivity index (χ0n) is 19.5. The molecular weight excluding hydrogens is 511 g/mol. The molecule has 5 aromatic rings. The fourth-order valence-electron chi connectivity index (χ4n) is 3.57. The lowest BCUT2D eigenvalue weighted by Crippen LogP contribution is -2.12. The molecule has 0 saturated carbocycles. The van der Waals surface area contributed by atoms with Gasteiger partial charge >= 0.3 is 0 Å². The molecule has 0 fully saturated rings. The SMILES string of the molecule is Cc1ccc(-c2csc(N/N=C/c3cn(-c4ccc(S(N)(=O)=O)cc4)nc3-c3ccc(F)cc3)n2)cc1. The topological polar surface area (TPSA) is 115 Å². The first-order valence-electron chi connectivity index (χ1n) is 11.1. The summed E-state index contributed by atoms with van der Waals surface area (Å²) in [6, 6.07) is 20.1. The number of nitrogens with one attached hydrogen (secondary N) is 1. The molecule has 0 aliphatic rings. The van der Waals surface area contributed by atoms with Gasteiger partial charge in [-0.1, -0.05) is 29.8 Å². The number of aryl methyl sites for hydroxylation is 1. The van der Waals surface area contributed by atoms with Gasteiger partial charge in [0.1, 0.15) is 11.5 Å². The van der Waals surface area contributed by atoms with Crippen molar-refractivity contribution in [2.24, 2.45) is 10.2 Å². The molecule has 8 nitrogen and oxygen atoms in total. The lowest BCUT2D eigenvalue weighted by atomic mass is 10.1. The standard InChI is InChI=1S/C26H21FN6O2S2/c1-17-2-4-18(5-3-17)24-16-36-26(30-24)31-29-14-20-15-33(22-10-12-23(13-11-22)37(28,34)35)32-25(20)19-6-8-21(27)9-7-19/h2-16H,1H3,(H,30,31)(H2,28,34,35)/b29-14+. The van der Waals surface area contributed by atoms with E-state index in [4.69, 9.17) is 5.14 Å². The molecule has 0 amide bonds. The maximum atomic E-state index is 13.5. The minimum Gasteiger partial charge on any atom is -0.253 e. The average molecular weight is 533 g/mol. The van der Waals surface area contributed by atoms with Gasteiger partial charge in [-0.3, -0.25) is 5.43 Å². The number of sulfonamides is 1. The highest BCUT2D eigenvalue weighted by Gasteiger charge is 2.13. The Bertz CT molecular complexity index is 1670. The zero-order chi connectivity index (χ0) is 26.0. The number of nitrogens with two attached hydrogens (primary N) is 1. The fraction of sp³-hybridized carbons (Fsp3) is 0.0385. The molecule has 0 spiro atoms. The Kier molecular flexibility index (Phi) is 6.66. The second-order valence-corrected chi connectivity index (χ2v) is 10.6. The van der Waals surface area contributed by atoms with Crippen molar-refractivity contribution >= 4 is 32.7 Å². The molecule has 0 saturated heterocycles. The van der Waals surface area contributed by atoms with Crippen molar-refractivity contribution in [2.75, 3.05) is 5.43 Å². The molecule has 186 valence electrons. The summed E-state index contributed by atoms with van der Waals surface area (Å²) < 4.78 is 38.3. The van der Waals surface area contributed by atoms with Crippen molar-refractivity contribution in [3.05, 3.63) is 101 Å². The number of anilines is 1. The molecule has 3 N–H and O–H groups in total. The van der Waals surface area contributed by atoms with Crippen molar-refractivity contribution in [1.29, 1.82) is 0 Å². The molecule has 0 radical (unpaired) electrons. The highest BCUT2D eigenvalue weighted by Crippen LogP contribution is 2.26. The molecule has 11 heteroatoms. The summed E-state index contributed by atoms with van der Waals surface area (Å²) in [6.45, 7) is 2.04. The van der Waals surface area contributed by atoms with Gasteiger partial charge in [-0.25, -0.2) is 27.6 Å². The summed E-state index contributed by atoms with van der Waals surface area (Å²) >= 11 is 1.43. The number of halogens is 1. The lowest BCUT2D eigenvalue weighted by molar-refractivity contribution is 0.597. The Labute approximate surface area is 217 Å². The van der Waals surface area contributed by atoms with E-state index in [-0.39, 0.29) is 10.7 Å². The van der Waals surface area contributed by atoms with Crippen LogP contribution in [0.5, 0.6) is 0 Å². The Balaban J connectivity index is 1.42. The second-order valence-electron chi connectivity index (χ2n) is 8.20. The van der Waals surface area contributed by atoms with E-state index in [9.17, 15) is 12.8 Å². The van der Waals surface area contributed by atoms with Crippen LogP contribution in [0.2, 0.25) is 0 Å². The van der Waals surface area contributed by atoms with E-state index in [1.807, 2.05) is 36.6 Å². The van der Waals surface area contributed by atoms with E-state index in [0.29, 0.717) is 27.6 Å². The van der Waals surface area contributed by atoms with Crippen LogP contribution in [0.4, 0.5) is 9.52 Å². The number of hydrogen-bond donors (Lipinski definition) is 2. The number of nitrogens with zero attached hydrogens (tertiary/aromatic N) is 4. The summed E-state index contributed by atoms with van der Waals surface area (Å²) in [5, 5.41) is 16.7. The van der Waals surface area contributed by atoms with Crippen LogP contribution in [0.3, 0.4) is 0 Å². The Morgan fingerprint density at radius 1 is 1.00 bits per heavy atom. The number of thiazole rings is 1. The monoisotopic (exact) mass is 532 g/mol. The molecular formula is C26H21FN6O2S2.